The van der Waals surface area contributed by atoms with Crippen LogP contribution in [0.2, 0.25) is 0 Å². The molecule has 0 saturated carbocycles. The molecule has 3 nitrogen and oxygen atoms in total. The number of hydrogen-bond acceptors (Lipinski definition) is 3. The van der Waals surface area contributed by atoms with Gasteiger partial charge in [-0.15, -0.1) is 0 Å². The van der Waals surface area contributed by atoms with Crippen LogP contribution in [0.15, 0.2) is 22.7 Å². The fourth-order valence-electron chi connectivity index (χ4n) is 2.65. The van der Waals surface area contributed by atoms with E-state index >= 15 is 0 Å². The van der Waals surface area contributed by atoms with Gasteiger partial charge >= 0.3 is 0 Å². The van der Waals surface area contributed by atoms with Gasteiger partial charge in [0.15, 0.2) is 0 Å². The Hall–Kier alpha value is -0.490. The summed E-state index contributed by atoms with van der Waals surface area (Å²) in [5.41, 5.74) is 0.960. The molecule has 106 valence electrons. The van der Waals surface area contributed by atoms with Gasteiger partial charge in [-0.2, -0.15) is 0 Å². The maximum absolute atomic E-state index is 13.6. The van der Waals surface area contributed by atoms with Crippen LogP contribution in [0.5, 0.6) is 0 Å². The van der Waals surface area contributed by atoms with E-state index in [-0.39, 0.29) is 18.0 Å². The molecule has 1 aliphatic heterocycles. The molecule has 2 unspecified atom stereocenters. The van der Waals surface area contributed by atoms with Crippen LogP contribution in [0.25, 0.3) is 0 Å². The Morgan fingerprint density at radius 3 is 3.00 bits per heavy atom. The number of rotatable bonds is 4. The normalized spacial score (nSPS) is 24.6. The predicted octanol–water partition coefficient (Wildman–Crippen LogP) is 2.57. The number of halogens is 2. The molecule has 2 rings (SSSR count). The van der Waals surface area contributed by atoms with Gasteiger partial charge in [0.25, 0.3) is 0 Å². The highest BCUT2D eigenvalue weighted by Gasteiger charge is 2.33. The second kappa shape index (κ2) is 6.79. The summed E-state index contributed by atoms with van der Waals surface area (Å²) in [5.74, 6) is -0.206. The van der Waals surface area contributed by atoms with Gasteiger partial charge in [0, 0.05) is 17.6 Å². The fourth-order valence-corrected chi connectivity index (χ4v) is 3.13. The summed E-state index contributed by atoms with van der Waals surface area (Å²) in [4.78, 5) is 2.34. The Bertz CT molecular complexity index is 428. The van der Waals surface area contributed by atoms with Crippen molar-refractivity contribution in [2.24, 2.45) is 0 Å². The highest BCUT2D eigenvalue weighted by molar-refractivity contribution is 9.10. The number of nitrogens with zero attached hydrogens (tertiary/aromatic N) is 1. The highest BCUT2D eigenvalue weighted by Crippen LogP contribution is 2.34. The first-order valence-electron chi connectivity index (χ1n) is 6.62. The summed E-state index contributed by atoms with van der Waals surface area (Å²) < 4.78 is 20.3. The molecule has 1 aromatic carbocycles. The minimum atomic E-state index is -0.206. The van der Waals surface area contributed by atoms with E-state index in [4.69, 9.17) is 4.74 Å². The first-order valence-corrected chi connectivity index (χ1v) is 7.41. The van der Waals surface area contributed by atoms with Crippen LogP contribution in [0.3, 0.4) is 0 Å². The summed E-state index contributed by atoms with van der Waals surface area (Å²) in [5, 5.41) is 3.16. The summed E-state index contributed by atoms with van der Waals surface area (Å²) >= 11 is 3.53. The zero-order valence-electron chi connectivity index (χ0n) is 11.3. The van der Waals surface area contributed by atoms with E-state index in [0.717, 1.165) is 36.3 Å². The van der Waals surface area contributed by atoms with Gasteiger partial charge < -0.3 is 10.1 Å². The molecule has 1 heterocycles. The second-order valence-corrected chi connectivity index (χ2v) is 5.56. The van der Waals surface area contributed by atoms with E-state index in [1.54, 1.807) is 12.1 Å². The van der Waals surface area contributed by atoms with Crippen LogP contribution >= 0.6 is 15.9 Å². The summed E-state index contributed by atoms with van der Waals surface area (Å²) in [7, 11) is 1.91. The number of nitrogens with one attached hydrogen (secondary N) is 1. The first kappa shape index (κ1) is 14.9. The smallest absolute Gasteiger partial charge is 0.123 e. The largest absolute Gasteiger partial charge is 0.374 e. The number of hydrogen-bond donors (Lipinski definition) is 1. The summed E-state index contributed by atoms with van der Waals surface area (Å²) in [6, 6.07) is 4.93. The molecule has 0 aromatic heterocycles. The van der Waals surface area contributed by atoms with Crippen LogP contribution in [0.4, 0.5) is 4.39 Å². The number of ether oxygens (including phenoxy) is 1. The molecule has 0 amide bonds. The zero-order valence-corrected chi connectivity index (χ0v) is 12.9. The molecule has 0 spiro atoms. The third-order valence-corrected chi connectivity index (χ3v) is 4.27. The van der Waals surface area contributed by atoms with Crippen molar-refractivity contribution in [3.8, 4) is 0 Å². The molecule has 0 radical (unpaired) electrons. The molecule has 1 N–H and O–H groups in total. The van der Waals surface area contributed by atoms with Gasteiger partial charge in [0.1, 0.15) is 5.82 Å². The molecular weight excluding hydrogens is 311 g/mol. The quantitative estimate of drug-likeness (QED) is 0.918. The van der Waals surface area contributed by atoms with Crippen molar-refractivity contribution in [2.75, 3.05) is 33.3 Å². The summed E-state index contributed by atoms with van der Waals surface area (Å²) in [6.45, 7) is 5.41. The van der Waals surface area contributed by atoms with E-state index in [1.807, 2.05) is 7.05 Å². The molecule has 1 aromatic rings. The van der Waals surface area contributed by atoms with Gasteiger partial charge in [-0.3, -0.25) is 4.90 Å². The molecule has 19 heavy (non-hydrogen) atoms. The Morgan fingerprint density at radius 2 is 2.32 bits per heavy atom. The topological polar surface area (TPSA) is 24.5 Å². The van der Waals surface area contributed by atoms with E-state index in [0.29, 0.717) is 0 Å². The molecule has 2 atom stereocenters. The molecule has 5 heteroatoms. The maximum Gasteiger partial charge on any atom is 0.123 e. The number of morpholine rings is 1. The van der Waals surface area contributed by atoms with E-state index in [1.165, 1.54) is 6.07 Å². The summed E-state index contributed by atoms with van der Waals surface area (Å²) in [6.07, 6.45) is 0.0387. The lowest BCUT2D eigenvalue weighted by Gasteiger charge is -2.41. The predicted molar refractivity (Wildman–Crippen MR) is 77.8 cm³/mol. The second-order valence-electron chi connectivity index (χ2n) is 4.71. The van der Waals surface area contributed by atoms with Gasteiger partial charge in [0.05, 0.1) is 18.8 Å². The first-order chi connectivity index (χ1) is 9.17. The van der Waals surface area contributed by atoms with Crippen LogP contribution in [0, 0.1) is 5.82 Å². The third-order valence-electron chi connectivity index (χ3n) is 3.54. The van der Waals surface area contributed by atoms with Crippen molar-refractivity contribution in [1.82, 2.24) is 10.2 Å². The van der Waals surface area contributed by atoms with Gasteiger partial charge in [0.2, 0.25) is 0 Å². The van der Waals surface area contributed by atoms with E-state index < -0.39 is 0 Å². The minimum Gasteiger partial charge on any atom is -0.374 e. The zero-order chi connectivity index (χ0) is 13.8. The van der Waals surface area contributed by atoms with Crippen molar-refractivity contribution in [2.45, 2.75) is 19.1 Å². The average molecular weight is 331 g/mol. The van der Waals surface area contributed by atoms with E-state index in [2.05, 4.69) is 33.1 Å². The van der Waals surface area contributed by atoms with Crippen molar-refractivity contribution in [3.05, 3.63) is 34.1 Å². The standard InChI is InChI=1S/C14H20BrFN2O/c1-3-18-6-7-19-13(9-17-2)14(18)11-8-10(16)4-5-12(11)15/h4-5,8,13-14,17H,3,6-7,9H2,1-2H3. The van der Waals surface area contributed by atoms with Crippen LogP contribution < -0.4 is 5.32 Å². The van der Waals surface area contributed by atoms with Gasteiger partial charge in [-0.25, -0.2) is 4.39 Å². The van der Waals surface area contributed by atoms with Crippen molar-refractivity contribution in [1.29, 1.82) is 0 Å². The SMILES string of the molecule is CCN1CCOC(CNC)C1c1cc(F)ccc1Br. The number of likely N-dealkylation sites (N-methyl/N-ethyl adjacent to an activating group) is 2. The molecule has 1 saturated heterocycles. The van der Waals surface area contributed by atoms with Crippen LogP contribution in [0.1, 0.15) is 18.5 Å². The Morgan fingerprint density at radius 1 is 1.53 bits per heavy atom. The molecule has 1 fully saturated rings. The Balaban J connectivity index is 2.36. The lowest BCUT2D eigenvalue weighted by atomic mass is 9.97. The average Bonchev–Trinajstić information content (AvgIpc) is 2.42. The third kappa shape index (κ3) is 3.34. The maximum atomic E-state index is 13.6. The Labute approximate surface area is 122 Å². The van der Waals surface area contributed by atoms with Gasteiger partial charge in [-0.1, -0.05) is 22.9 Å². The molecule has 0 bridgehead atoms. The van der Waals surface area contributed by atoms with Gasteiger partial charge in [-0.05, 0) is 37.4 Å². The highest BCUT2D eigenvalue weighted by atomic mass is 79.9. The van der Waals surface area contributed by atoms with Crippen molar-refractivity contribution in [3.63, 3.8) is 0 Å². The van der Waals surface area contributed by atoms with E-state index in [9.17, 15) is 4.39 Å². The van der Waals surface area contributed by atoms with Crippen LogP contribution in [-0.4, -0.2) is 44.3 Å². The molecule has 0 aliphatic carbocycles. The molecular formula is C14H20BrFN2O. The minimum absolute atomic E-state index is 0.0387. The van der Waals surface area contributed by atoms with Crippen molar-refractivity contribution < 1.29 is 9.13 Å². The monoisotopic (exact) mass is 330 g/mol. The van der Waals surface area contributed by atoms with Crippen LogP contribution in [-0.2, 0) is 4.74 Å². The number of benzene rings is 1. The lowest BCUT2D eigenvalue weighted by molar-refractivity contribution is -0.0689. The lowest BCUT2D eigenvalue weighted by Crippen LogP contribution is -2.48. The fraction of sp³-hybridized carbons (Fsp3) is 0.571. The Kier molecular flexibility index (Phi) is 5.33. The van der Waals surface area contributed by atoms with Crippen molar-refractivity contribution >= 4 is 15.9 Å². The molecule has 1 aliphatic rings.